The van der Waals surface area contributed by atoms with E-state index in [9.17, 15) is 14.4 Å². The lowest BCUT2D eigenvalue weighted by atomic mass is 9.92. The Morgan fingerprint density at radius 2 is 1.97 bits per heavy atom. The number of carbonyl (C=O) groups excluding carboxylic acids is 3. The number of hydrogen-bond donors (Lipinski definition) is 1. The fourth-order valence-electron chi connectivity index (χ4n) is 2.99. The minimum absolute atomic E-state index is 0.00888. The van der Waals surface area contributed by atoms with E-state index in [1.165, 1.54) is 22.7 Å². The van der Waals surface area contributed by atoms with Gasteiger partial charge in [0.15, 0.2) is 8.32 Å². The minimum atomic E-state index is -2.07. The smallest absolute Gasteiger partial charge is 0.404 e. The molecule has 0 aliphatic carbocycles. The summed E-state index contributed by atoms with van der Waals surface area (Å²) >= 11 is 1.31. The van der Waals surface area contributed by atoms with Crippen LogP contribution in [0.2, 0.25) is 18.1 Å². The number of esters is 1. The zero-order valence-electron chi connectivity index (χ0n) is 17.8. The van der Waals surface area contributed by atoms with E-state index in [-0.39, 0.29) is 41.3 Å². The first-order valence-corrected chi connectivity index (χ1v) is 13.2. The fraction of sp³-hybridized carbons (Fsp3) is 0.632. The first kappa shape index (κ1) is 23.5. The summed E-state index contributed by atoms with van der Waals surface area (Å²) < 4.78 is 16.4. The van der Waals surface area contributed by atoms with E-state index in [0.717, 1.165) is 0 Å². The van der Waals surface area contributed by atoms with Crippen molar-refractivity contribution in [2.75, 3.05) is 13.2 Å². The first-order valence-electron chi connectivity index (χ1n) is 9.42. The number of rotatable bonds is 8. The predicted octanol–water partition coefficient (Wildman–Crippen LogP) is 2.96. The summed E-state index contributed by atoms with van der Waals surface area (Å²) in [6, 6.07) is 0. The Morgan fingerprint density at radius 1 is 1.34 bits per heavy atom. The largest absolute Gasteiger partial charge is 0.457 e. The van der Waals surface area contributed by atoms with Crippen molar-refractivity contribution in [3.63, 3.8) is 0 Å². The number of primary amides is 1. The molecular weight excluding hydrogens is 412 g/mol. The van der Waals surface area contributed by atoms with E-state index >= 15 is 0 Å². The normalized spacial score (nSPS) is 22.7. The second-order valence-electron chi connectivity index (χ2n) is 8.59. The number of carbonyl (C=O) groups is 3. The van der Waals surface area contributed by atoms with Gasteiger partial charge in [0, 0.05) is 0 Å². The van der Waals surface area contributed by atoms with Crippen LogP contribution < -0.4 is 5.73 Å². The third kappa shape index (κ3) is 4.70. The lowest BCUT2D eigenvalue weighted by Crippen LogP contribution is -2.62. The predicted molar refractivity (Wildman–Crippen MR) is 113 cm³/mol. The molecule has 0 aromatic heterocycles. The minimum Gasteiger partial charge on any atom is -0.457 e. The number of hydrogen-bond acceptors (Lipinski definition) is 7. The molecule has 162 valence electrons. The standard InChI is InChI=1S/C19H30N2O6SSi/c1-8-9-25-17(23)14-12(10-26-18(20)24)28-16-13(15(22)21(14)16)11(2)27-29(6,7)19(3,4)5/h8,11,13,16H,1,9-10H2,2-7H3,(H2,20,24)/t11-,13+,16-/m1/s1. The SMILES string of the molecule is C=CCOC(=O)C1=C(COC(N)=O)S[C@@H]2[C@@H]([C@@H](C)O[Si](C)(C)C(C)(C)C)C(=O)N12. The molecule has 0 bridgehead atoms. The molecule has 0 unspecified atom stereocenters. The van der Waals surface area contributed by atoms with Crippen LogP contribution in [0.1, 0.15) is 27.7 Å². The number of ether oxygens (including phenoxy) is 2. The van der Waals surface area contributed by atoms with Crippen molar-refractivity contribution in [3.8, 4) is 0 Å². The lowest BCUT2D eigenvalue weighted by molar-refractivity contribution is -0.157. The van der Waals surface area contributed by atoms with Gasteiger partial charge in [-0.3, -0.25) is 9.69 Å². The summed E-state index contributed by atoms with van der Waals surface area (Å²) in [5, 5.41) is -0.297. The third-order valence-electron chi connectivity index (χ3n) is 5.52. The van der Waals surface area contributed by atoms with E-state index in [4.69, 9.17) is 19.6 Å². The molecule has 0 aromatic carbocycles. The maximum Gasteiger partial charge on any atom is 0.404 e. The van der Waals surface area contributed by atoms with E-state index in [1.807, 2.05) is 6.92 Å². The molecule has 2 heterocycles. The van der Waals surface area contributed by atoms with Crippen LogP contribution in [0.4, 0.5) is 4.79 Å². The highest BCUT2D eigenvalue weighted by molar-refractivity contribution is 8.04. The molecule has 3 atom stereocenters. The van der Waals surface area contributed by atoms with E-state index in [1.54, 1.807) is 0 Å². The van der Waals surface area contributed by atoms with Crippen molar-refractivity contribution in [1.29, 1.82) is 0 Å². The van der Waals surface area contributed by atoms with Crippen molar-refractivity contribution < 1.29 is 28.3 Å². The van der Waals surface area contributed by atoms with Crippen molar-refractivity contribution in [1.82, 2.24) is 4.90 Å². The van der Waals surface area contributed by atoms with Gasteiger partial charge in [-0.25, -0.2) is 9.59 Å². The number of amides is 2. The zero-order chi connectivity index (χ0) is 22.1. The maximum absolute atomic E-state index is 12.9. The molecule has 29 heavy (non-hydrogen) atoms. The Hall–Kier alpha value is -1.78. The number of fused-ring (bicyclic) bond motifs is 1. The highest BCUT2D eigenvalue weighted by Crippen LogP contribution is 2.51. The Morgan fingerprint density at radius 3 is 2.48 bits per heavy atom. The molecule has 0 aromatic rings. The first-order chi connectivity index (χ1) is 13.3. The summed E-state index contributed by atoms with van der Waals surface area (Å²) in [6.45, 7) is 15.9. The van der Waals surface area contributed by atoms with Crippen LogP contribution in [0.25, 0.3) is 0 Å². The quantitative estimate of drug-likeness (QED) is 0.266. The van der Waals surface area contributed by atoms with Crippen LogP contribution in [0.15, 0.2) is 23.3 Å². The highest BCUT2D eigenvalue weighted by atomic mass is 32.2. The Labute approximate surface area is 176 Å². The molecule has 2 amide bonds. The molecule has 2 aliphatic rings. The summed E-state index contributed by atoms with van der Waals surface area (Å²) in [4.78, 5) is 38.3. The summed E-state index contributed by atoms with van der Waals surface area (Å²) in [7, 11) is -2.07. The average Bonchev–Trinajstić information content (AvgIpc) is 2.90. The topological polar surface area (TPSA) is 108 Å². The highest BCUT2D eigenvalue weighted by Gasteiger charge is 2.59. The van der Waals surface area contributed by atoms with E-state index < -0.39 is 26.3 Å². The fourth-order valence-corrected chi connectivity index (χ4v) is 5.93. The van der Waals surface area contributed by atoms with Crippen LogP contribution in [0.5, 0.6) is 0 Å². The van der Waals surface area contributed by atoms with Gasteiger partial charge in [0.05, 0.1) is 16.9 Å². The van der Waals surface area contributed by atoms with Gasteiger partial charge in [-0.05, 0) is 25.1 Å². The molecule has 1 saturated heterocycles. The summed E-state index contributed by atoms with van der Waals surface area (Å²) in [5.41, 5.74) is 5.15. The van der Waals surface area contributed by atoms with Crippen molar-refractivity contribution in [3.05, 3.63) is 23.3 Å². The monoisotopic (exact) mass is 442 g/mol. The van der Waals surface area contributed by atoms with Crippen molar-refractivity contribution in [2.24, 2.45) is 11.7 Å². The zero-order valence-corrected chi connectivity index (χ0v) is 19.6. The maximum atomic E-state index is 12.9. The Balaban J connectivity index is 2.20. The number of β-lactam (4-membered cyclic amide) rings is 1. The molecule has 0 saturated carbocycles. The second-order valence-corrected chi connectivity index (χ2v) is 14.6. The second kappa shape index (κ2) is 8.53. The van der Waals surface area contributed by atoms with Gasteiger partial charge in [-0.2, -0.15) is 0 Å². The molecule has 0 spiro atoms. The molecule has 0 radical (unpaired) electrons. The summed E-state index contributed by atoms with van der Waals surface area (Å²) in [6.07, 6.45) is 0.177. The van der Waals surface area contributed by atoms with Gasteiger partial charge in [0.25, 0.3) is 0 Å². The number of nitrogens with zero attached hydrogens (tertiary/aromatic N) is 1. The lowest BCUT2D eigenvalue weighted by Gasteiger charge is -2.48. The number of nitrogens with two attached hydrogens (primary N) is 1. The molecule has 1 fully saturated rings. The molecule has 10 heteroatoms. The van der Waals surface area contributed by atoms with Gasteiger partial charge in [-0.1, -0.05) is 45.2 Å². The molecule has 2 N–H and O–H groups in total. The molecule has 2 aliphatic heterocycles. The van der Waals surface area contributed by atoms with Crippen LogP contribution in [-0.4, -0.2) is 55.9 Å². The molecule has 2 rings (SSSR count). The molecular formula is C19H30N2O6SSi. The van der Waals surface area contributed by atoms with Gasteiger partial charge >= 0.3 is 12.1 Å². The van der Waals surface area contributed by atoms with Gasteiger partial charge in [-0.15, -0.1) is 0 Å². The van der Waals surface area contributed by atoms with Gasteiger partial charge in [0.1, 0.15) is 24.3 Å². The van der Waals surface area contributed by atoms with Gasteiger partial charge < -0.3 is 19.6 Å². The van der Waals surface area contributed by atoms with Crippen molar-refractivity contribution >= 4 is 38.0 Å². The average molecular weight is 443 g/mol. The third-order valence-corrected chi connectivity index (χ3v) is 11.4. The van der Waals surface area contributed by atoms with Crippen LogP contribution in [0, 0.1) is 5.92 Å². The summed E-state index contributed by atoms with van der Waals surface area (Å²) in [5.74, 6) is -1.26. The van der Waals surface area contributed by atoms with E-state index in [0.29, 0.717) is 4.91 Å². The van der Waals surface area contributed by atoms with Crippen LogP contribution in [-0.2, 0) is 23.5 Å². The van der Waals surface area contributed by atoms with Crippen LogP contribution in [0.3, 0.4) is 0 Å². The van der Waals surface area contributed by atoms with Gasteiger partial charge in [0.2, 0.25) is 5.91 Å². The van der Waals surface area contributed by atoms with Crippen molar-refractivity contribution in [2.45, 2.75) is 57.3 Å². The Bertz CT molecular complexity index is 745. The number of thioether (sulfide) groups is 1. The Kier molecular flexibility index (Phi) is 6.91. The van der Waals surface area contributed by atoms with Crippen LogP contribution >= 0.6 is 11.8 Å². The van der Waals surface area contributed by atoms with E-state index in [2.05, 4.69) is 40.4 Å². The molecule has 8 nitrogen and oxygen atoms in total.